The van der Waals surface area contributed by atoms with Crippen LogP contribution in [-0.2, 0) is 11.0 Å². The lowest BCUT2D eigenvalue weighted by Gasteiger charge is -2.30. The third-order valence-corrected chi connectivity index (χ3v) is 4.87. The molecule has 1 fully saturated rings. The van der Waals surface area contributed by atoms with Crippen LogP contribution < -0.4 is 14.2 Å². The van der Waals surface area contributed by atoms with Crippen molar-refractivity contribution in [1.29, 1.82) is 0 Å². The molecule has 31 heavy (non-hydrogen) atoms. The largest absolute Gasteiger partial charge is 0.493 e. The second kappa shape index (κ2) is 9.27. The summed E-state index contributed by atoms with van der Waals surface area (Å²) in [7, 11) is 4.48. The van der Waals surface area contributed by atoms with Crippen LogP contribution in [0.25, 0.3) is 6.08 Å². The fraction of sp³-hybridized carbons (Fsp3) is 0.450. The van der Waals surface area contributed by atoms with E-state index in [2.05, 4.69) is 10.2 Å². The van der Waals surface area contributed by atoms with Crippen LogP contribution >= 0.6 is 0 Å². The van der Waals surface area contributed by atoms with Gasteiger partial charge >= 0.3 is 12.1 Å². The van der Waals surface area contributed by atoms with Crippen molar-refractivity contribution in [2.75, 3.05) is 34.4 Å². The van der Waals surface area contributed by atoms with Crippen molar-refractivity contribution in [3.63, 3.8) is 0 Å². The Bertz CT molecular complexity index is 933. The zero-order valence-corrected chi connectivity index (χ0v) is 17.2. The molecule has 1 amide bonds. The molecule has 8 nitrogen and oxygen atoms in total. The topological polar surface area (TPSA) is 86.9 Å². The molecule has 1 aliphatic rings. The number of halogens is 3. The molecule has 0 N–H and O–H groups in total. The van der Waals surface area contributed by atoms with E-state index in [4.69, 9.17) is 18.6 Å². The number of methoxy groups -OCH3 is 3. The van der Waals surface area contributed by atoms with Crippen LogP contribution in [0.4, 0.5) is 13.2 Å². The number of benzene rings is 1. The first-order chi connectivity index (χ1) is 14.8. The first-order valence-electron chi connectivity index (χ1n) is 9.44. The summed E-state index contributed by atoms with van der Waals surface area (Å²) in [6.45, 7) is 0.674. The molecule has 2 aromatic rings. The van der Waals surface area contributed by atoms with E-state index in [1.807, 2.05) is 0 Å². The quantitative estimate of drug-likeness (QED) is 0.634. The number of aromatic nitrogens is 2. The molecule has 0 radical (unpaired) electrons. The maximum Gasteiger partial charge on any atom is 0.470 e. The molecule has 0 unspecified atom stereocenters. The summed E-state index contributed by atoms with van der Waals surface area (Å²) in [6.07, 6.45) is -0.542. The van der Waals surface area contributed by atoms with E-state index in [-0.39, 0.29) is 18.3 Å². The molecule has 0 saturated carbocycles. The third kappa shape index (κ3) is 5.09. The molecule has 0 spiro atoms. The minimum absolute atomic E-state index is 0.113. The van der Waals surface area contributed by atoms with Crippen molar-refractivity contribution in [2.45, 2.75) is 24.9 Å². The van der Waals surface area contributed by atoms with E-state index in [1.165, 1.54) is 27.4 Å². The molecule has 2 heterocycles. The average Bonchev–Trinajstić information content (AvgIpc) is 3.27. The van der Waals surface area contributed by atoms with Crippen molar-refractivity contribution >= 4 is 12.0 Å². The summed E-state index contributed by atoms with van der Waals surface area (Å²) < 4.78 is 58.7. The monoisotopic (exact) mass is 441 g/mol. The van der Waals surface area contributed by atoms with Gasteiger partial charge in [0.05, 0.1) is 27.2 Å². The smallest absolute Gasteiger partial charge is 0.470 e. The van der Waals surface area contributed by atoms with Gasteiger partial charge in [0.2, 0.25) is 17.5 Å². The molecule has 0 aliphatic carbocycles. The van der Waals surface area contributed by atoms with E-state index in [0.29, 0.717) is 42.2 Å². The van der Waals surface area contributed by atoms with Crippen LogP contribution in [0.5, 0.6) is 17.2 Å². The van der Waals surface area contributed by atoms with E-state index >= 15 is 0 Å². The Balaban J connectivity index is 1.72. The van der Waals surface area contributed by atoms with E-state index < -0.39 is 18.0 Å². The van der Waals surface area contributed by atoms with Gasteiger partial charge in [-0.2, -0.15) is 13.2 Å². The average molecular weight is 441 g/mol. The van der Waals surface area contributed by atoms with Crippen molar-refractivity contribution < 1.29 is 36.6 Å². The number of hydrogen-bond acceptors (Lipinski definition) is 7. The maximum absolute atomic E-state index is 12.7. The number of alkyl halides is 3. The minimum Gasteiger partial charge on any atom is -0.493 e. The lowest BCUT2D eigenvalue weighted by atomic mass is 9.98. The fourth-order valence-electron chi connectivity index (χ4n) is 3.36. The molecule has 1 aromatic carbocycles. The Kier molecular flexibility index (Phi) is 6.71. The molecule has 1 aliphatic heterocycles. The number of ether oxygens (including phenoxy) is 3. The van der Waals surface area contributed by atoms with Crippen molar-refractivity contribution in [3.8, 4) is 17.2 Å². The van der Waals surface area contributed by atoms with Gasteiger partial charge in [0.25, 0.3) is 0 Å². The van der Waals surface area contributed by atoms with E-state index in [1.54, 1.807) is 23.1 Å². The highest BCUT2D eigenvalue weighted by molar-refractivity contribution is 5.92. The van der Waals surface area contributed by atoms with Gasteiger partial charge in [-0.15, -0.1) is 10.2 Å². The van der Waals surface area contributed by atoms with Gasteiger partial charge in [-0.05, 0) is 36.6 Å². The summed E-state index contributed by atoms with van der Waals surface area (Å²) in [4.78, 5) is 14.2. The molecule has 1 atom stereocenters. The first kappa shape index (κ1) is 22.4. The van der Waals surface area contributed by atoms with Gasteiger partial charge in [-0.1, -0.05) is 0 Å². The number of amides is 1. The first-order valence-corrected chi connectivity index (χ1v) is 9.44. The van der Waals surface area contributed by atoms with E-state index in [0.717, 1.165) is 0 Å². The highest BCUT2D eigenvalue weighted by atomic mass is 19.4. The standard InChI is InChI=1S/C20H22F3N3O5/c1-28-14-9-12(10-15(29-2)17(14)30-3)6-7-16(27)26-8-4-5-13(11-26)18-24-25-19(31-18)20(21,22)23/h6-7,9-10,13H,4-5,8,11H2,1-3H3/b7-6+/t13-/m1/s1. The Morgan fingerprint density at radius 3 is 2.39 bits per heavy atom. The van der Waals surface area contributed by atoms with Crippen LogP contribution in [0.1, 0.15) is 36.1 Å². The lowest BCUT2D eigenvalue weighted by Crippen LogP contribution is -2.38. The van der Waals surface area contributed by atoms with Gasteiger partial charge in [0, 0.05) is 19.2 Å². The predicted octanol–water partition coefficient (Wildman–Crippen LogP) is 3.53. The Hall–Kier alpha value is -3.24. The Labute approximate surface area is 176 Å². The van der Waals surface area contributed by atoms with Gasteiger partial charge in [0.15, 0.2) is 11.5 Å². The predicted molar refractivity (Wildman–Crippen MR) is 103 cm³/mol. The highest BCUT2D eigenvalue weighted by Gasteiger charge is 2.39. The molecule has 1 saturated heterocycles. The van der Waals surface area contributed by atoms with Crippen LogP contribution in [0.15, 0.2) is 22.6 Å². The third-order valence-electron chi connectivity index (χ3n) is 4.87. The minimum atomic E-state index is -4.70. The van der Waals surface area contributed by atoms with Crippen LogP contribution in [0.2, 0.25) is 0 Å². The number of likely N-dealkylation sites (tertiary alicyclic amines) is 1. The van der Waals surface area contributed by atoms with E-state index in [9.17, 15) is 18.0 Å². The molecule has 3 rings (SSSR count). The van der Waals surface area contributed by atoms with Crippen molar-refractivity contribution in [1.82, 2.24) is 15.1 Å². The molecular weight excluding hydrogens is 419 g/mol. The highest BCUT2D eigenvalue weighted by Crippen LogP contribution is 2.38. The van der Waals surface area contributed by atoms with Crippen molar-refractivity contribution in [2.24, 2.45) is 0 Å². The summed E-state index contributed by atoms with van der Waals surface area (Å²) in [6, 6.07) is 3.39. The number of piperidine rings is 1. The molecular formula is C20H22F3N3O5. The van der Waals surface area contributed by atoms with Gasteiger partial charge in [0.1, 0.15) is 0 Å². The fourth-order valence-corrected chi connectivity index (χ4v) is 3.36. The Morgan fingerprint density at radius 2 is 1.84 bits per heavy atom. The van der Waals surface area contributed by atoms with Crippen LogP contribution in [0, 0.1) is 0 Å². The van der Waals surface area contributed by atoms with Crippen molar-refractivity contribution in [3.05, 3.63) is 35.6 Å². The van der Waals surface area contributed by atoms with Crippen LogP contribution in [-0.4, -0.2) is 55.4 Å². The zero-order valence-electron chi connectivity index (χ0n) is 17.2. The maximum atomic E-state index is 12.7. The Morgan fingerprint density at radius 1 is 1.16 bits per heavy atom. The number of carbonyl (C=O) groups is 1. The normalized spacial score (nSPS) is 17.1. The second-order valence-electron chi connectivity index (χ2n) is 6.86. The molecule has 168 valence electrons. The second-order valence-corrected chi connectivity index (χ2v) is 6.86. The van der Waals surface area contributed by atoms with Gasteiger partial charge < -0.3 is 23.5 Å². The van der Waals surface area contributed by atoms with Crippen LogP contribution in [0.3, 0.4) is 0 Å². The summed E-state index contributed by atoms with van der Waals surface area (Å²) in [5, 5.41) is 6.58. The summed E-state index contributed by atoms with van der Waals surface area (Å²) in [5.74, 6) is -0.894. The number of hydrogen-bond donors (Lipinski definition) is 0. The summed E-state index contributed by atoms with van der Waals surface area (Å²) in [5.41, 5.74) is 0.656. The molecule has 0 bridgehead atoms. The molecule has 11 heteroatoms. The van der Waals surface area contributed by atoms with Gasteiger partial charge in [-0.25, -0.2) is 0 Å². The lowest BCUT2D eigenvalue weighted by molar-refractivity contribution is -0.157. The van der Waals surface area contributed by atoms with Gasteiger partial charge in [-0.3, -0.25) is 4.79 Å². The number of nitrogens with zero attached hydrogens (tertiary/aromatic N) is 3. The summed E-state index contributed by atoms with van der Waals surface area (Å²) >= 11 is 0. The number of carbonyl (C=O) groups excluding carboxylic acids is 1. The SMILES string of the molecule is COc1cc(/C=C/C(=O)N2CCC[C@@H](c3nnc(C(F)(F)F)o3)C2)cc(OC)c1OC. The zero-order chi connectivity index (χ0) is 22.6. The number of rotatable bonds is 6. The molecule has 1 aromatic heterocycles.